The largest absolute Gasteiger partial charge is 0.389 e. The fourth-order valence-electron chi connectivity index (χ4n) is 4.02. The van der Waals surface area contributed by atoms with Gasteiger partial charge in [0.25, 0.3) is 0 Å². The minimum Gasteiger partial charge on any atom is -0.389 e. The number of halogens is 1. The minimum absolute atomic E-state index is 0.188. The summed E-state index contributed by atoms with van der Waals surface area (Å²) in [6, 6.07) is 4.21. The molecule has 0 amide bonds. The van der Waals surface area contributed by atoms with Gasteiger partial charge in [-0.3, -0.25) is 4.79 Å². The van der Waals surface area contributed by atoms with Crippen LogP contribution in [-0.4, -0.2) is 31.0 Å². The van der Waals surface area contributed by atoms with E-state index in [0.717, 1.165) is 55.5 Å². The van der Waals surface area contributed by atoms with Crippen LogP contribution in [0.15, 0.2) is 12.1 Å². The first kappa shape index (κ1) is 17.9. The summed E-state index contributed by atoms with van der Waals surface area (Å²) >= 11 is 6.09. The third-order valence-electron chi connectivity index (χ3n) is 5.93. The van der Waals surface area contributed by atoms with Gasteiger partial charge in [-0.25, -0.2) is 9.97 Å². The van der Waals surface area contributed by atoms with Gasteiger partial charge in [0.2, 0.25) is 0 Å². The molecule has 0 saturated heterocycles. The van der Waals surface area contributed by atoms with Gasteiger partial charge < -0.3 is 9.67 Å². The Morgan fingerprint density at radius 2 is 2.04 bits per heavy atom. The highest BCUT2D eigenvalue weighted by molar-refractivity contribution is 6.29. The molecule has 0 radical (unpaired) electrons. The average molecular weight is 376 g/mol. The molecule has 2 fully saturated rings. The number of pyridine rings is 1. The van der Waals surface area contributed by atoms with Gasteiger partial charge in [0.1, 0.15) is 22.3 Å². The number of fused-ring (bicyclic) bond motifs is 1. The van der Waals surface area contributed by atoms with Crippen LogP contribution in [-0.2, 0) is 11.2 Å². The molecule has 2 aromatic rings. The van der Waals surface area contributed by atoms with Gasteiger partial charge in [-0.1, -0.05) is 11.6 Å². The second-order valence-corrected chi connectivity index (χ2v) is 8.35. The van der Waals surface area contributed by atoms with Crippen molar-refractivity contribution in [3.05, 3.63) is 23.1 Å². The Balaban J connectivity index is 1.37. The van der Waals surface area contributed by atoms with Crippen molar-refractivity contribution in [1.29, 1.82) is 0 Å². The van der Waals surface area contributed by atoms with E-state index in [4.69, 9.17) is 16.6 Å². The lowest BCUT2D eigenvalue weighted by atomic mass is 9.76. The van der Waals surface area contributed by atoms with Gasteiger partial charge in [-0.15, -0.1) is 0 Å². The number of unbranched alkanes of at least 4 members (excludes halogenated alkanes) is 1. The topological polar surface area (TPSA) is 68.0 Å². The van der Waals surface area contributed by atoms with Crippen molar-refractivity contribution in [2.45, 2.75) is 82.3 Å². The van der Waals surface area contributed by atoms with Crippen molar-refractivity contribution < 1.29 is 9.90 Å². The summed E-state index contributed by atoms with van der Waals surface area (Å²) in [5, 5.41) is 10.6. The summed E-state index contributed by atoms with van der Waals surface area (Å²) in [4.78, 5) is 21.3. The maximum absolute atomic E-state index is 12.1. The molecule has 2 aliphatic rings. The average Bonchev–Trinajstić information content (AvgIpc) is 2.86. The zero-order valence-corrected chi connectivity index (χ0v) is 15.8. The van der Waals surface area contributed by atoms with Crippen molar-refractivity contribution in [3.63, 3.8) is 0 Å². The number of carbonyl (C=O) groups is 1. The first-order valence-electron chi connectivity index (χ1n) is 9.82. The van der Waals surface area contributed by atoms with Crippen molar-refractivity contribution in [2.24, 2.45) is 0 Å². The van der Waals surface area contributed by atoms with Gasteiger partial charge in [-0.05, 0) is 63.5 Å². The van der Waals surface area contributed by atoms with Crippen LogP contribution in [0.5, 0.6) is 0 Å². The molecule has 5 nitrogen and oxygen atoms in total. The van der Waals surface area contributed by atoms with E-state index in [-0.39, 0.29) is 5.78 Å². The molecule has 2 heterocycles. The van der Waals surface area contributed by atoms with Crippen LogP contribution in [0.1, 0.15) is 76.1 Å². The number of rotatable bonds is 8. The van der Waals surface area contributed by atoms with E-state index in [9.17, 15) is 9.90 Å². The number of nitrogens with zero attached hydrogens (tertiary/aromatic N) is 3. The number of imidazole rings is 1. The predicted octanol–water partition coefficient (Wildman–Crippen LogP) is 4.40. The Morgan fingerprint density at radius 3 is 2.69 bits per heavy atom. The Kier molecular flexibility index (Phi) is 5.02. The highest BCUT2D eigenvalue weighted by atomic mass is 35.5. The molecule has 26 heavy (non-hydrogen) atoms. The maximum Gasteiger partial charge on any atom is 0.161 e. The monoisotopic (exact) mass is 375 g/mol. The van der Waals surface area contributed by atoms with Crippen LogP contribution in [0.25, 0.3) is 11.2 Å². The van der Waals surface area contributed by atoms with Gasteiger partial charge >= 0.3 is 0 Å². The van der Waals surface area contributed by atoms with E-state index in [1.54, 1.807) is 6.07 Å². The zero-order valence-electron chi connectivity index (χ0n) is 15.1. The third-order valence-corrected chi connectivity index (χ3v) is 6.14. The standard InChI is InChI=1S/C20H26ClN3O2/c21-17-10-9-16-19(23-17)24(14-5-3-6-14)18(22-16)8-2-1-7-15(25)13-20(26)11-4-12-20/h9-10,14,26H,1-8,11-13H2. The summed E-state index contributed by atoms with van der Waals surface area (Å²) in [7, 11) is 0. The molecule has 0 spiro atoms. The number of aryl methyl sites for hydroxylation is 1. The number of aliphatic hydroxyl groups is 1. The van der Waals surface area contributed by atoms with Crippen LogP contribution in [0.2, 0.25) is 5.15 Å². The minimum atomic E-state index is -0.694. The summed E-state index contributed by atoms with van der Waals surface area (Å²) in [5.74, 6) is 1.25. The molecule has 0 aliphatic heterocycles. The Morgan fingerprint density at radius 1 is 1.23 bits per heavy atom. The van der Waals surface area contributed by atoms with Crippen LogP contribution in [0.3, 0.4) is 0 Å². The fourth-order valence-corrected chi connectivity index (χ4v) is 4.17. The Hall–Kier alpha value is -1.46. The first-order chi connectivity index (χ1) is 12.5. The predicted molar refractivity (Wildman–Crippen MR) is 101 cm³/mol. The molecule has 140 valence electrons. The Labute approximate surface area is 158 Å². The molecule has 0 aromatic carbocycles. The van der Waals surface area contributed by atoms with Gasteiger partial charge in [0, 0.05) is 25.3 Å². The van der Waals surface area contributed by atoms with Crippen molar-refractivity contribution in [2.75, 3.05) is 0 Å². The number of hydrogen-bond acceptors (Lipinski definition) is 4. The lowest BCUT2D eigenvalue weighted by Crippen LogP contribution is -2.38. The molecule has 2 aromatic heterocycles. The zero-order chi connectivity index (χ0) is 18.1. The second kappa shape index (κ2) is 7.28. The molecule has 2 aliphatic carbocycles. The van der Waals surface area contributed by atoms with Gasteiger partial charge in [0.05, 0.1) is 5.60 Å². The van der Waals surface area contributed by atoms with Crippen LogP contribution in [0.4, 0.5) is 0 Å². The first-order valence-corrected chi connectivity index (χ1v) is 10.2. The van der Waals surface area contributed by atoms with E-state index in [2.05, 4.69) is 9.55 Å². The normalized spacial score (nSPS) is 19.3. The van der Waals surface area contributed by atoms with E-state index < -0.39 is 5.60 Å². The van der Waals surface area contributed by atoms with Crippen molar-refractivity contribution in [3.8, 4) is 0 Å². The Bertz CT molecular complexity index is 809. The number of carbonyl (C=O) groups excluding carboxylic acids is 1. The van der Waals surface area contributed by atoms with E-state index in [1.165, 1.54) is 19.3 Å². The van der Waals surface area contributed by atoms with E-state index in [1.807, 2.05) is 6.07 Å². The van der Waals surface area contributed by atoms with Crippen molar-refractivity contribution in [1.82, 2.24) is 14.5 Å². The molecule has 0 unspecified atom stereocenters. The molecule has 1 N–H and O–H groups in total. The number of hydrogen-bond donors (Lipinski definition) is 1. The SMILES string of the molecule is O=C(CCCCc1nc2ccc(Cl)nc2n1C1CCC1)CC1(O)CCC1. The van der Waals surface area contributed by atoms with E-state index in [0.29, 0.717) is 24.0 Å². The maximum atomic E-state index is 12.1. The summed E-state index contributed by atoms with van der Waals surface area (Å²) in [6.07, 6.45) is 9.69. The van der Waals surface area contributed by atoms with Gasteiger partial charge in [0.15, 0.2) is 5.65 Å². The highest BCUT2D eigenvalue weighted by Gasteiger charge is 2.36. The van der Waals surface area contributed by atoms with E-state index >= 15 is 0 Å². The molecule has 4 rings (SSSR count). The van der Waals surface area contributed by atoms with Gasteiger partial charge in [-0.2, -0.15) is 0 Å². The molecule has 2 saturated carbocycles. The quantitative estimate of drug-likeness (QED) is 0.548. The smallest absolute Gasteiger partial charge is 0.161 e. The number of Topliss-reactive ketones (excluding diaryl/α,β-unsaturated/α-hetero) is 1. The molecule has 6 heteroatoms. The number of aromatic nitrogens is 3. The van der Waals surface area contributed by atoms with Crippen LogP contribution in [0, 0.1) is 0 Å². The summed E-state index contributed by atoms with van der Waals surface area (Å²) in [5.41, 5.74) is 1.10. The highest BCUT2D eigenvalue weighted by Crippen LogP contribution is 2.36. The molecule has 0 atom stereocenters. The molecular weight excluding hydrogens is 350 g/mol. The second-order valence-electron chi connectivity index (χ2n) is 7.96. The third kappa shape index (κ3) is 3.65. The molecular formula is C20H26ClN3O2. The van der Waals surface area contributed by atoms with Crippen molar-refractivity contribution >= 4 is 28.5 Å². The summed E-state index contributed by atoms with van der Waals surface area (Å²) in [6.45, 7) is 0. The lowest BCUT2D eigenvalue weighted by Gasteiger charge is -2.35. The van der Waals surface area contributed by atoms with Crippen LogP contribution >= 0.6 is 11.6 Å². The lowest BCUT2D eigenvalue weighted by molar-refractivity contribution is -0.128. The molecule has 0 bridgehead atoms. The number of ketones is 1. The summed E-state index contributed by atoms with van der Waals surface area (Å²) < 4.78 is 2.27. The van der Waals surface area contributed by atoms with Crippen LogP contribution < -0.4 is 0 Å². The fraction of sp³-hybridized carbons (Fsp3) is 0.650.